The fourth-order valence-corrected chi connectivity index (χ4v) is 0.218. The van der Waals surface area contributed by atoms with Crippen LogP contribution in [-0.4, -0.2) is 25.8 Å². The molecule has 1 atom stereocenters. The van der Waals surface area contributed by atoms with E-state index in [4.69, 9.17) is 16.4 Å². The number of nitrogens with two attached hydrogens (primary N) is 2. The van der Waals surface area contributed by atoms with Gasteiger partial charge < -0.3 is 16.4 Å². The van der Waals surface area contributed by atoms with Crippen LogP contribution in [0.4, 0.5) is 0 Å². The van der Waals surface area contributed by atoms with Gasteiger partial charge in [0.15, 0.2) is 0 Å². The van der Waals surface area contributed by atoms with E-state index in [1.54, 1.807) is 0 Å². The maximum Gasteiger partial charge on any atom is 0.293 e. The van der Waals surface area contributed by atoms with Crippen molar-refractivity contribution in [1.29, 1.82) is 0 Å². The molecule has 1 unspecified atom stereocenters. The van der Waals surface area contributed by atoms with E-state index in [0.29, 0.717) is 7.48 Å². The summed E-state index contributed by atoms with van der Waals surface area (Å²) in [6.07, 6.45) is 0. The Balaban J connectivity index is 3.52. The Kier molecular flexibility index (Phi) is 3.30. The lowest BCUT2D eigenvalue weighted by Crippen LogP contribution is -2.31. The molecule has 0 rings (SSSR count). The summed E-state index contributed by atoms with van der Waals surface area (Å²) in [5.74, 6) is -0.657. The number of amides is 1. The summed E-state index contributed by atoms with van der Waals surface area (Å²) in [5.41, 5.74) is 8.76. The molecule has 0 aromatic heterocycles. The van der Waals surface area contributed by atoms with Crippen LogP contribution in [0.1, 0.15) is 0 Å². The van der Waals surface area contributed by atoms with Crippen LogP contribution < -0.4 is 11.4 Å². The molecule has 0 aliphatic rings. The molecular formula is C2H6B2N2O2. The fraction of sp³-hybridized carbons (Fsp3) is 0.500. The molecule has 0 saturated carbocycles. The van der Waals surface area contributed by atoms with Gasteiger partial charge in [-0.1, -0.05) is 0 Å². The number of rotatable bonds is 3. The normalized spacial score (nSPS) is 12.2. The van der Waals surface area contributed by atoms with Crippen LogP contribution in [0.5, 0.6) is 0 Å². The Morgan fingerprint density at radius 1 is 1.75 bits per heavy atom. The largest absolute Gasteiger partial charge is 0.454 e. The van der Waals surface area contributed by atoms with Crippen molar-refractivity contribution < 1.29 is 9.82 Å². The van der Waals surface area contributed by atoms with Gasteiger partial charge in [0.1, 0.15) is 0 Å². The van der Waals surface area contributed by atoms with Gasteiger partial charge in [0.25, 0.3) is 7.48 Å². The Bertz CT molecular complexity index is 84.1. The molecule has 1 amide bonds. The lowest BCUT2D eigenvalue weighted by Gasteiger charge is -1.99. The van der Waals surface area contributed by atoms with Gasteiger partial charge in [0, 0.05) is 5.72 Å². The number of hydrogen-bond acceptors (Lipinski definition) is 3. The molecule has 0 aromatic rings. The molecule has 0 fully saturated rings. The summed E-state index contributed by atoms with van der Waals surface area (Å²) in [7, 11) is 1.66. The molecule has 8 heavy (non-hydrogen) atoms. The number of carbonyl (C=O) groups excluding carboxylic acids is 1. The van der Waals surface area contributed by atoms with Crippen LogP contribution in [0.15, 0.2) is 0 Å². The first kappa shape index (κ1) is 7.52. The Morgan fingerprint density at radius 3 is 2.25 bits per heavy atom. The standard InChI is InChI=1S/C2H6B2N2O2/c5-2(7)1(3-6)4-8/h1,8H,6H2,(H2,5,7). The minimum absolute atomic E-state index is 0.641. The van der Waals surface area contributed by atoms with Gasteiger partial charge in [-0.25, -0.2) is 0 Å². The second kappa shape index (κ2) is 3.51. The summed E-state index contributed by atoms with van der Waals surface area (Å²) < 4.78 is 0. The zero-order valence-corrected chi connectivity index (χ0v) is 4.24. The van der Waals surface area contributed by atoms with Gasteiger partial charge in [0.2, 0.25) is 13.3 Å². The maximum atomic E-state index is 10.1. The SMILES string of the molecule is N[B]C([B]O)C(N)=O. The minimum atomic E-state index is -0.824. The molecule has 0 aliphatic carbocycles. The average Bonchev–Trinajstić information content (AvgIpc) is 1.69. The van der Waals surface area contributed by atoms with Crippen molar-refractivity contribution in [2.75, 3.05) is 0 Å². The predicted molar refractivity (Wildman–Crippen MR) is 30.9 cm³/mol. The molecule has 0 bridgehead atoms. The van der Waals surface area contributed by atoms with Crippen molar-refractivity contribution in [3.63, 3.8) is 0 Å². The van der Waals surface area contributed by atoms with E-state index in [0.717, 1.165) is 7.41 Å². The molecule has 42 valence electrons. The van der Waals surface area contributed by atoms with Crippen molar-refractivity contribution in [2.45, 2.75) is 5.72 Å². The zero-order chi connectivity index (χ0) is 6.57. The molecule has 5 N–H and O–H groups in total. The highest BCUT2D eigenvalue weighted by Crippen LogP contribution is 1.91. The molecule has 0 aliphatic heterocycles. The van der Waals surface area contributed by atoms with E-state index in [2.05, 4.69) is 0 Å². The fourth-order valence-electron chi connectivity index (χ4n) is 0.218. The second-order valence-corrected chi connectivity index (χ2v) is 1.27. The summed E-state index contributed by atoms with van der Waals surface area (Å²) in [4.78, 5) is 10.1. The Labute approximate surface area is 48.8 Å². The first-order chi connectivity index (χ1) is 3.72. The molecule has 0 spiro atoms. The van der Waals surface area contributed by atoms with Gasteiger partial charge in [0.05, 0.1) is 0 Å². The van der Waals surface area contributed by atoms with E-state index in [1.165, 1.54) is 0 Å². The van der Waals surface area contributed by atoms with Crippen LogP contribution in [0.25, 0.3) is 0 Å². The Morgan fingerprint density at radius 2 is 2.25 bits per heavy atom. The van der Waals surface area contributed by atoms with Crippen molar-refractivity contribution >= 4 is 20.8 Å². The molecular weight excluding hydrogens is 106 g/mol. The maximum absolute atomic E-state index is 10.1. The third-order valence-corrected chi connectivity index (χ3v) is 0.696. The lowest BCUT2D eigenvalue weighted by molar-refractivity contribution is -0.116. The smallest absolute Gasteiger partial charge is 0.293 e. The monoisotopic (exact) mass is 112 g/mol. The highest BCUT2D eigenvalue weighted by Gasteiger charge is 2.14. The number of carbonyl (C=O) groups is 1. The third kappa shape index (κ3) is 1.99. The summed E-state index contributed by atoms with van der Waals surface area (Å²) in [5, 5.41) is 8.16. The Hall–Kier alpha value is -0.480. The zero-order valence-electron chi connectivity index (χ0n) is 4.24. The van der Waals surface area contributed by atoms with E-state index in [-0.39, 0.29) is 0 Å². The van der Waals surface area contributed by atoms with Gasteiger partial charge in [-0.05, 0) is 0 Å². The van der Waals surface area contributed by atoms with Crippen molar-refractivity contribution in [1.82, 2.24) is 0 Å². The molecule has 0 heterocycles. The first-order valence-electron chi connectivity index (χ1n) is 2.04. The van der Waals surface area contributed by atoms with Crippen LogP contribution in [0.2, 0.25) is 5.72 Å². The van der Waals surface area contributed by atoms with E-state index in [9.17, 15) is 4.79 Å². The van der Waals surface area contributed by atoms with Gasteiger partial charge >= 0.3 is 0 Å². The molecule has 6 heteroatoms. The van der Waals surface area contributed by atoms with Crippen molar-refractivity contribution in [3.05, 3.63) is 0 Å². The molecule has 2 radical (unpaired) electrons. The van der Waals surface area contributed by atoms with Gasteiger partial charge in [-0.3, -0.25) is 4.79 Å². The van der Waals surface area contributed by atoms with Gasteiger partial charge in [-0.2, -0.15) is 0 Å². The van der Waals surface area contributed by atoms with Crippen LogP contribution in [0.3, 0.4) is 0 Å². The van der Waals surface area contributed by atoms with E-state index >= 15 is 0 Å². The summed E-state index contributed by atoms with van der Waals surface area (Å²) in [6.45, 7) is 0. The molecule has 0 aromatic carbocycles. The van der Waals surface area contributed by atoms with Gasteiger partial charge in [-0.15, -0.1) is 0 Å². The van der Waals surface area contributed by atoms with Crippen molar-refractivity contribution in [3.8, 4) is 0 Å². The predicted octanol–water partition coefficient (Wildman–Crippen LogP) is -2.59. The molecule has 4 nitrogen and oxygen atoms in total. The van der Waals surface area contributed by atoms with E-state index in [1.807, 2.05) is 0 Å². The van der Waals surface area contributed by atoms with Crippen molar-refractivity contribution in [2.24, 2.45) is 11.4 Å². The minimum Gasteiger partial charge on any atom is -0.454 e. The third-order valence-electron chi connectivity index (χ3n) is 0.696. The highest BCUT2D eigenvalue weighted by molar-refractivity contribution is 6.60. The van der Waals surface area contributed by atoms with Crippen LogP contribution in [0, 0.1) is 0 Å². The number of primary amides is 1. The highest BCUT2D eigenvalue weighted by atomic mass is 16.2. The second-order valence-electron chi connectivity index (χ2n) is 1.27. The first-order valence-corrected chi connectivity index (χ1v) is 2.04. The lowest BCUT2D eigenvalue weighted by atomic mass is 9.59. The topological polar surface area (TPSA) is 89.3 Å². The van der Waals surface area contributed by atoms with Crippen LogP contribution >= 0.6 is 0 Å². The van der Waals surface area contributed by atoms with E-state index < -0.39 is 11.6 Å². The average molecular weight is 112 g/mol. The summed E-state index contributed by atoms with van der Waals surface area (Å²) >= 11 is 0. The number of hydrogen-bond donors (Lipinski definition) is 3. The molecule has 0 saturated heterocycles. The quantitative estimate of drug-likeness (QED) is 0.349. The summed E-state index contributed by atoms with van der Waals surface area (Å²) in [6, 6.07) is 0. The van der Waals surface area contributed by atoms with Crippen LogP contribution in [-0.2, 0) is 4.79 Å².